The molecule has 0 unspecified atom stereocenters. The maximum atomic E-state index is 12.7. The van der Waals surface area contributed by atoms with E-state index in [1.165, 1.54) is 6.08 Å². The predicted octanol–water partition coefficient (Wildman–Crippen LogP) is 0.970. The van der Waals surface area contributed by atoms with Crippen molar-refractivity contribution in [2.24, 2.45) is 0 Å². The summed E-state index contributed by atoms with van der Waals surface area (Å²) in [4.78, 5) is 37.4. The number of carbonyl (C=O) groups excluding carboxylic acids is 3. The smallest absolute Gasteiger partial charge is 0.315 e. The summed E-state index contributed by atoms with van der Waals surface area (Å²) in [5.41, 5.74) is 1.08. The summed E-state index contributed by atoms with van der Waals surface area (Å²) in [6, 6.07) is 6.05. The molecule has 2 atom stereocenters. The van der Waals surface area contributed by atoms with Gasteiger partial charge in [0.1, 0.15) is 0 Å². The topological polar surface area (TPSA) is 99.8 Å². The van der Waals surface area contributed by atoms with E-state index < -0.39 is 0 Å². The third-order valence-corrected chi connectivity index (χ3v) is 4.09. The lowest BCUT2D eigenvalue weighted by Crippen LogP contribution is -2.48. The van der Waals surface area contributed by atoms with Gasteiger partial charge >= 0.3 is 6.03 Å². The number of anilines is 1. The minimum Gasteiger partial charge on any atom is -0.377 e. The molecule has 8 heteroatoms. The standard InChI is InChI=1S/C18H24N4O4/c1-4-16(23)20-13-8-6-12(7-9-13)17(24)22-10-14(15(11-22)26-3)21-18(25)19-5-2/h4,6-9,14-15H,1,5,10-11H2,2-3H3,(H,20,23)(H2,19,21,25)/t14-,15-/m1/s1. The summed E-state index contributed by atoms with van der Waals surface area (Å²) in [5.74, 6) is -0.473. The first-order valence-corrected chi connectivity index (χ1v) is 8.38. The number of carbonyl (C=O) groups is 3. The summed E-state index contributed by atoms with van der Waals surface area (Å²) in [7, 11) is 1.56. The van der Waals surface area contributed by atoms with Gasteiger partial charge in [-0.1, -0.05) is 6.58 Å². The summed E-state index contributed by atoms with van der Waals surface area (Å²) in [6.07, 6.45) is 0.906. The van der Waals surface area contributed by atoms with Gasteiger partial charge in [-0.3, -0.25) is 9.59 Å². The van der Waals surface area contributed by atoms with Crippen LogP contribution in [0.1, 0.15) is 17.3 Å². The molecular weight excluding hydrogens is 336 g/mol. The average Bonchev–Trinajstić information content (AvgIpc) is 3.04. The van der Waals surface area contributed by atoms with Crippen LogP contribution in [0, 0.1) is 0 Å². The van der Waals surface area contributed by atoms with Gasteiger partial charge in [0.15, 0.2) is 0 Å². The van der Waals surface area contributed by atoms with E-state index in [1.54, 1.807) is 36.3 Å². The zero-order valence-electron chi connectivity index (χ0n) is 15.0. The Morgan fingerprint density at radius 3 is 2.54 bits per heavy atom. The van der Waals surface area contributed by atoms with Crippen molar-refractivity contribution in [1.82, 2.24) is 15.5 Å². The first-order chi connectivity index (χ1) is 12.5. The minimum absolute atomic E-state index is 0.158. The lowest BCUT2D eigenvalue weighted by atomic mass is 10.2. The molecule has 1 heterocycles. The number of urea groups is 1. The Hall–Kier alpha value is -2.87. The van der Waals surface area contributed by atoms with E-state index in [9.17, 15) is 14.4 Å². The minimum atomic E-state index is -0.314. The summed E-state index contributed by atoms with van der Waals surface area (Å²) in [5, 5.41) is 8.12. The van der Waals surface area contributed by atoms with Gasteiger partial charge in [-0.2, -0.15) is 0 Å². The average molecular weight is 360 g/mol. The molecule has 0 bridgehead atoms. The first kappa shape index (κ1) is 19.5. The van der Waals surface area contributed by atoms with Crippen LogP contribution in [-0.4, -0.2) is 61.6 Å². The van der Waals surface area contributed by atoms with Gasteiger partial charge in [0.25, 0.3) is 5.91 Å². The molecule has 0 spiro atoms. The second-order valence-corrected chi connectivity index (χ2v) is 5.87. The zero-order valence-corrected chi connectivity index (χ0v) is 15.0. The molecule has 1 saturated heterocycles. The van der Waals surface area contributed by atoms with E-state index >= 15 is 0 Å². The largest absolute Gasteiger partial charge is 0.377 e. The molecular formula is C18H24N4O4. The Morgan fingerprint density at radius 1 is 1.27 bits per heavy atom. The Bertz CT molecular complexity index is 674. The van der Waals surface area contributed by atoms with Crippen molar-refractivity contribution in [1.29, 1.82) is 0 Å². The van der Waals surface area contributed by atoms with Crippen molar-refractivity contribution < 1.29 is 19.1 Å². The molecule has 26 heavy (non-hydrogen) atoms. The molecule has 0 aromatic heterocycles. The third-order valence-electron chi connectivity index (χ3n) is 4.09. The van der Waals surface area contributed by atoms with Crippen LogP contribution in [0.3, 0.4) is 0 Å². The van der Waals surface area contributed by atoms with Gasteiger partial charge in [-0.05, 0) is 37.3 Å². The Labute approximate surface area is 152 Å². The maximum absolute atomic E-state index is 12.7. The molecule has 140 valence electrons. The highest BCUT2D eigenvalue weighted by Gasteiger charge is 2.36. The van der Waals surface area contributed by atoms with Crippen LogP contribution < -0.4 is 16.0 Å². The van der Waals surface area contributed by atoms with Crippen LogP contribution >= 0.6 is 0 Å². The second kappa shape index (κ2) is 9.00. The van der Waals surface area contributed by atoms with E-state index in [1.807, 2.05) is 6.92 Å². The molecule has 0 saturated carbocycles. The van der Waals surface area contributed by atoms with Crippen LogP contribution in [0.5, 0.6) is 0 Å². The lowest BCUT2D eigenvalue weighted by Gasteiger charge is -2.18. The van der Waals surface area contributed by atoms with Crippen LogP contribution in [0.2, 0.25) is 0 Å². The van der Waals surface area contributed by atoms with Gasteiger partial charge in [-0.25, -0.2) is 4.79 Å². The van der Waals surface area contributed by atoms with Crippen molar-refractivity contribution in [2.45, 2.75) is 19.1 Å². The predicted molar refractivity (Wildman–Crippen MR) is 98.0 cm³/mol. The number of hydrogen-bond donors (Lipinski definition) is 3. The highest BCUT2D eigenvalue weighted by Crippen LogP contribution is 2.18. The fourth-order valence-corrected chi connectivity index (χ4v) is 2.77. The number of hydrogen-bond acceptors (Lipinski definition) is 4. The van der Waals surface area contributed by atoms with E-state index in [0.29, 0.717) is 30.9 Å². The number of nitrogens with zero attached hydrogens (tertiary/aromatic N) is 1. The van der Waals surface area contributed by atoms with Crippen molar-refractivity contribution >= 4 is 23.5 Å². The summed E-state index contributed by atoms with van der Waals surface area (Å²) >= 11 is 0. The maximum Gasteiger partial charge on any atom is 0.315 e. The number of ether oxygens (including phenoxy) is 1. The molecule has 2 rings (SSSR count). The van der Waals surface area contributed by atoms with Gasteiger partial charge in [0.2, 0.25) is 5.91 Å². The number of benzene rings is 1. The molecule has 3 N–H and O–H groups in total. The highest BCUT2D eigenvalue weighted by atomic mass is 16.5. The van der Waals surface area contributed by atoms with Crippen molar-refractivity contribution in [3.63, 3.8) is 0 Å². The molecule has 1 aliphatic rings. The second-order valence-electron chi connectivity index (χ2n) is 5.87. The van der Waals surface area contributed by atoms with E-state index in [4.69, 9.17) is 4.74 Å². The number of rotatable bonds is 6. The number of methoxy groups -OCH3 is 1. The third kappa shape index (κ3) is 4.82. The quantitative estimate of drug-likeness (QED) is 0.658. The number of amides is 4. The van der Waals surface area contributed by atoms with E-state index in [-0.39, 0.29) is 30.0 Å². The highest BCUT2D eigenvalue weighted by molar-refractivity contribution is 5.99. The molecule has 1 aromatic rings. The van der Waals surface area contributed by atoms with Crippen molar-refractivity contribution in [2.75, 3.05) is 32.1 Å². The van der Waals surface area contributed by atoms with Gasteiger partial charge in [0, 0.05) is 38.0 Å². The molecule has 1 fully saturated rings. The Morgan fingerprint density at radius 2 is 1.96 bits per heavy atom. The molecule has 0 aliphatic carbocycles. The SMILES string of the molecule is C=CC(=O)Nc1ccc(C(=O)N2C[C@@H](NC(=O)NCC)[C@H](OC)C2)cc1. The molecule has 1 aromatic carbocycles. The van der Waals surface area contributed by atoms with E-state index in [2.05, 4.69) is 22.5 Å². The van der Waals surface area contributed by atoms with Crippen LogP contribution in [0.25, 0.3) is 0 Å². The number of nitrogens with one attached hydrogen (secondary N) is 3. The first-order valence-electron chi connectivity index (χ1n) is 8.38. The Balaban J connectivity index is 2.01. The fourth-order valence-electron chi connectivity index (χ4n) is 2.77. The van der Waals surface area contributed by atoms with Crippen LogP contribution in [0.4, 0.5) is 10.5 Å². The van der Waals surface area contributed by atoms with Gasteiger partial charge in [-0.15, -0.1) is 0 Å². The normalized spacial score (nSPS) is 18.9. The lowest BCUT2D eigenvalue weighted by molar-refractivity contribution is -0.111. The Kier molecular flexibility index (Phi) is 6.74. The molecule has 0 radical (unpaired) electrons. The summed E-state index contributed by atoms with van der Waals surface area (Å²) in [6.45, 7) is 6.50. The van der Waals surface area contributed by atoms with E-state index in [0.717, 1.165) is 0 Å². The zero-order chi connectivity index (χ0) is 19.1. The fraction of sp³-hybridized carbons (Fsp3) is 0.389. The van der Waals surface area contributed by atoms with Gasteiger partial charge in [0.05, 0.1) is 12.1 Å². The number of likely N-dealkylation sites (tertiary alicyclic amines) is 1. The van der Waals surface area contributed by atoms with Crippen LogP contribution in [-0.2, 0) is 9.53 Å². The molecule has 4 amide bonds. The monoisotopic (exact) mass is 360 g/mol. The van der Waals surface area contributed by atoms with Crippen molar-refractivity contribution in [3.8, 4) is 0 Å². The van der Waals surface area contributed by atoms with Crippen LogP contribution in [0.15, 0.2) is 36.9 Å². The molecule has 1 aliphatic heterocycles. The van der Waals surface area contributed by atoms with Gasteiger partial charge < -0.3 is 25.6 Å². The molecule has 8 nitrogen and oxygen atoms in total. The van der Waals surface area contributed by atoms with Crippen molar-refractivity contribution in [3.05, 3.63) is 42.5 Å². The summed E-state index contributed by atoms with van der Waals surface area (Å²) < 4.78 is 5.40.